The van der Waals surface area contributed by atoms with E-state index >= 15 is 0 Å². The first-order chi connectivity index (χ1) is 8.07. The molecule has 0 aromatic heterocycles. The van der Waals surface area contributed by atoms with Crippen molar-refractivity contribution in [3.8, 4) is 0 Å². The van der Waals surface area contributed by atoms with Crippen molar-refractivity contribution in [2.45, 2.75) is 40.0 Å². The molecule has 0 aliphatic carbocycles. The summed E-state index contributed by atoms with van der Waals surface area (Å²) >= 11 is 0. The number of nitrogens with zero attached hydrogens (tertiary/aromatic N) is 1. The summed E-state index contributed by atoms with van der Waals surface area (Å²) in [4.78, 5) is 13.9. The van der Waals surface area contributed by atoms with E-state index in [4.69, 9.17) is 0 Å². The van der Waals surface area contributed by atoms with Gasteiger partial charge in [0, 0.05) is 25.8 Å². The van der Waals surface area contributed by atoms with Gasteiger partial charge < -0.3 is 4.90 Å². The van der Waals surface area contributed by atoms with Crippen molar-refractivity contribution in [3.63, 3.8) is 0 Å². The van der Waals surface area contributed by atoms with Crippen molar-refractivity contribution in [2.75, 3.05) is 25.1 Å². The molecule has 18 heavy (non-hydrogen) atoms. The SMILES string of the molecule is CC(C)(C)CC(=O)N1CCC(CS(C)(=O)=O)CC1. The molecule has 5 heteroatoms. The van der Waals surface area contributed by atoms with Crippen LogP contribution in [0, 0.1) is 11.3 Å². The van der Waals surface area contributed by atoms with Crippen LogP contribution in [0.5, 0.6) is 0 Å². The fourth-order valence-electron chi connectivity index (χ4n) is 2.34. The van der Waals surface area contributed by atoms with Gasteiger partial charge in [0.15, 0.2) is 0 Å². The van der Waals surface area contributed by atoms with Crippen LogP contribution in [0.4, 0.5) is 0 Å². The Morgan fingerprint density at radius 3 is 2.11 bits per heavy atom. The molecule has 1 amide bonds. The highest BCUT2D eigenvalue weighted by molar-refractivity contribution is 7.90. The second-order valence-corrected chi connectivity index (χ2v) is 8.84. The van der Waals surface area contributed by atoms with Crippen molar-refractivity contribution in [1.82, 2.24) is 4.90 Å². The number of sulfone groups is 1. The minimum atomic E-state index is -2.89. The van der Waals surface area contributed by atoms with Crippen LogP contribution >= 0.6 is 0 Å². The van der Waals surface area contributed by atoms with Crippen LogP contribution in [0.2, 0.25) is 0 Å². The van der Waals surface area contributed by atoms with Crippen LogP contribution in [0.25, 0.3) is 0 Å². The standard InChI is InChI=1S/C13H25NO3S/c1-13(2,3)9-12(15)14-7-5-11(6-8-14)10-18(4,16)17/h11H,5-10H2,1-4H3. The van der Waals surface area contributed by atoms with Crippen LogP contribution in [-0.2, 0) is 14.6 Å². The van der Waals surface area contributed by atoms with E-state index in [1.807, 2.05) is 4.90 Å². The number of likely N-dealkylation sites (tertiary alicyclic amines) is 1. The van der Waals surface area contributed by atoms with Gasteiger partial charge in [-0.3, -0.25) is 4.79 Å². The first-order valence-electron chi connectivity index (χ1n) is 6.52. The molecule has 0 saturated carbocycles. The number of hydrogen-bond acceptors (Lipinski definition) is 3. The Kier molecular flexibility index (Phi) is 4.81. The summed E-state index contributed by atoms with van der Waals surface area (Å²) in [7, 11) is -2.89. The molecule has 0 bridgehead atoms. The quantitative estimate of drug-likeness (QED) is 0.788. The van der Waals surface area contributed by atoms with Crippen LogP contribution < -0.4 is 0 Å². The molecule has 106 valence electrons. The zero-order valence-electron chi connectivity index (χ0n) is 11.9. The molecule has 1 aliphatic rings. The Labute approximate surface area is 111 Å². The molecule has 1 aliphatic heterocycles. The molecule has 4 nitrogen and oxygen atoms in total. The Bertz CT molecular complexity index is 387. The zero-order valence-corrected chi connectivity index (χ0v) is 12.7. The van der Waals surface area contributed by atoms with Crippen LogP contribution in [-0.4, -0.2) is 44.3 Å². The highest BCUT2D eigenvalue weighted by Gasteiger charge is 2.27. The van der Waals surface area contributed by atoms with Crippen molar-refractivity contribution in [3.05, 3.63) is 0 Å². The van der Waals surface area contributed by atoms with Gasteiger partial charge in [0.1, 0.15) is 9.84 Å². The van der Waals surface area contributed by atoms with E-state index in [1.165, 1.54) is 6.26 Å². The molecule has 0 spiro atoms. The third kappa shape index (κ3) is 5.85. The van der Waals surface area contributed by atoms with Crippen LogP contribution in [0.15, 0.2) is 0 Å². The van der Waals surface area contributed by atoms with Gasteiger partial charge in [-0.1, -0.05) is 20.8 Å². The molecule has 0 unspecified atom stereocenters. The van der Waals surface area contributed by atoms with E-state index in [2.05, 4.69) is 20.8 Å². The molecular weight excluding hydrogens is 250 g/mol. The summed E-state index contributed by atoms with van der Waals surface area (Å²) in [6.07, 6.45) is 3.46. The largest absolute Gasteiger partial charge is 0.343 e. The Morgan fingerprint density at radius 1 is 1.22 bits per heavy atom. The van der Waals surface area contributed by atoms with E-state index in [0.717, 1.165) is 12.8 Å². The maximum Gasteiger partial charge on any atom is 0.223 e. The van der Waals surface area contributed by atoms with Gasteiger partial charge >= 0.3 is 0 Å². The molecule has 0 atom stereocenters. The van der Waals surface area contributed by atoms with Gasteiger partial charge in [0.2, 0.25) is 5.91 Å². The first kappa shape index (κ1) is 15.5. The Hall–Kier alpha value is -0.580. The fourth-order valence-corrected chi connectivity index (χ4v) is 3.53. The van der Waals surface area contributed by atoms with E-state index in [0.29, 0.717) is 19.5 Å². The molecular formula is C13H25NO3S. The molecule has 1 rings (SSSR count). The maximum absolute atomic E-state index is 12.0. The average molecular weight is 275 g/mol. The van der Waals surface area contributed by atoms with E-state index in [-0.39, 0.29) is 23.0 Å². The van der Waals surface area contributed by atoms with Crippen molar-refractivity contribution in [1.29, 1.82) is 0 Å². The third-order valence-electron chi connectivity index (χ3n) is 3.19. The van der Waals surface area contributed by atoms with Crippen LogP contribution in [0.1, 0.15) is 40.0 Å². The second-order valence-electron chi connectivity index (χ2n) is 6.65. The first-order valence-corrected chi connectivity index (χ1v) is 8.58. The van der Waals surface area contributed by atoms with Gasteiger partial charge in [0.25, 0.3) is 0 Å². The van der Waals surface area contributed by atoms with Gasteiger partial charge in [-0.15, -0.1) is 0 Å². The smallest absolute Gasteiger partial charge is 0.223 e. The van der Waals surface area contributed by atoms with Gasteiger partial charge in [0.05, 0.1) is 5.75 Å². The summed E-state index contributed by atoms with van der Waals surface area (Å²) in [5.41, 5.74) is 0.0146. The number of amides is 1. The summed E-state index contributed by atoms with van der Waals surface area (Å²) in [5, 5.41) is 0. The Balaban J connectivity index is 2.42. The molecule has 0 radical (unpaired) electrons. The topological polar surface area (TPSA) is 54.5 Å². The minimum Gasteiger partial charge on any atom is -0.343 e. The summed E-state index contributed by atoms with van der Waals surface area (Å²) in [5.74, 6) is 0.674. The lowest BCUT2D eigenvalue weighted by atomic mass is 9.90. The summed E-state index contributed by atoms with van der Waals surface area (Å²) in [6.45, 7) is 7.58. The van der Waals surface area contributed by atoms with Gasteiger partial charge in [-0.2, -0.15) is 0 Å². The van der Waals surface area contributed by atoms with Gasteiger partial charge in [-0.05, 0) is 24.2 Å². The maximum atomic E-state index is 12.0. The molecule has 1 saturated heterocycles. The molecule has 0 N–H and O–H groups in total. The molecule has 0 aromatic carbocycles. The second kappa shape index (κ2) is 5.59. The van der Waals surface area contributed by atoms with E-state index in [9.17, 15) is 13.2 Å². The average Bonchev–Trinajstić information content (AvgIpc) is 2.13. The Morgan fingerprint density at radius 2 is 1.72 bits per heavy atom. The highest BCUT2D eigenvalue weighted by atomic mass is 32.2. The van der Waals surface area contributed by atoms with E-state index in [1.54, 1.807) is 0 Å². The van der Waals surface area contributed by atoms with Crippen LogP contribution in [0.3, 0.4) is 0 Å². The van der Waals surface area contributed by atoms with Crippen molar-refractivity contribution < 1.29 is 13.2 Å². The van der Waals surface area contributed by atoms with Gasteiger partial charge in [-0.25, -0.2) is 8.42 Å². The number of hydrogen-bond donors (Lipinski definition) is 0. The normalized spacial score (nSPS) is 19.0. The molecule has 1 fully saturated rings. The monoisotopic (exact) mass is 275 g/mol. The minimum absolute atomic E-state index is 0.0146. The lowest BCUT2D eigenvalue weighted by Gasteiger charge is -2.33. The summed E-state index contributed by atoms with van der Waals surface area (Å²) < 4.78 is 22.4. The summed E-state index contributed by atoms with van der Waals surface area (Å²) in [6, 6.07) is 0. The lowest BCUT2D eigenvalue weighted by molar-refractivity contribution is -0.134. The number of carbonyl (C=O) groups excluding carboxylic acids is 1. The predicted octanol–water partition coefficient (Wildman–Crippen LogP) is 1.71. The third-order valence-corrected chi connectivity index (χ3v) is 4.26. The zero-order chi connectivity index (χ0) is 14.0. The molecule has 0 aromatic rings. The predicted molar refractivity (Wildman–Crippen MR) is 73.1 cm³/mol. The number of carbonyl (C=O) groups is 1. The van der Waals surface area contributed by atoms with Crippen molar-refractivity contribution in [2.24, 2.45) is 11.3 Å². The fraction of sp³-hybridized carbons (Fsp3) is 0.923. The van der Waals surface area contributed by atoms with Crippen molar-refractivity contribution >= 4 is 15.7 Å². The lowest BCUT2D eigenvalue weighted by Crippen LogP contribution is -2.41. The van der Waals surface area contributed by atoms with E-state index < -0.39 is 9.84 Å². The molecule has 1 heterocycles. The highest BCUT2D eigenvalue weighted by Crippen LogP contribution is 2.23. The number of piperidine rings is 1. The number of rotatable bonds is 3.